The Labute approximate surface area is 55.9 Å². The van der Waals surface area contributed by atoms with Crippen LogP contribution in [0.5, 0.6) is 0 Å². The Balaban J connectivity index is 3.16. The molecule has 9 heavy (non-hydrogen) atoms. The zero-order chi connectivity index (χ0) is 7.28. The molecule has 2 N–H and O–H groups in total. The van der Waals surface area contributed by atoms with Crippen molar-refractivity contribution in [2.45, 2.75) is 26.3 Å². The average Bonchev–Trinajstić information content (AvgIpc) is 1.82. The molecule has 0 atom stereocenters. The summed E-state index contributed by atoms with van der Waals surface area (Å²) in [6.45, 7) is 4.49. The molecule has 0 aromatic rings. The van der Waals surface area contributed by atoms with Gasteiger partial charge in [-0.15, -0.1) is 0 Å². The maximum Gasteiger partial charge on any atom is 0.0444 e. The monoisotopic (exact) mass is 133 g/mol. The highest BCUT2D eigenvalue weighted by Crippen LogP contribution is 1.92. The van der Waals surface area contributed by atoms with Crippen LogP contribution in [0.25, 0.3) is 0 Å². The van der Waals surface area contributed by atoms with Gasteiger partial charge in [-0.1, -0.05) is 0 Å². The van der Waals surface area contributed by atoms with Gasteiger partial charge in [0, 0.05) is 19.2 Å². The first-order valence-corrected chi connectivity index (χ1v) is 3.25. The third-order valence-corrected chi connectivity index (χ3v) is 1.14. The fourth-order valence-electron chi connectivity index (χ4n) is 0.491. The Morgan fingerprint density at radius 3 is 2.33 bits per heavy atom. The standard InChI is InChI=1S/C6H15NO2/c1-6(2)7(9)4-3-5-8/h6,8-9H,3-5H2,1-2H3. The molecule has 0 aliphatic heterocycles. The third kappa shape index (κ3) is 4.39. The third-order valence-electron chi connectivity index (χ3n) is 1.14. The predicted molar refractivity (Wildman–Crippen MR) is 35.3 cm³/mol. The quantitative estimate of drug-likeness (QED) is 0.548. The summed E-state index contributed by atoms with van der Waals surface area (Å²) in [5.41, 5.74) is 0. The van der Waals surface area contributed by atoms with Gasteiger partial charge in [0.1, 0.15) is 0 Å². The van der Waals surface area contributed by atoms with Crippen molar-refractivity contribution in [3.63, 3.8) is 0 Å². The van der Waals surface area contributed by atoms with Crippen molar-refractivity contribution in [1.82, 2.24) is 5.06 Å². The van der Waals surface area contributed by atoms with E-state index in [1.165, 1.54) is 5.06 Å². The number of hydroxylamine groups is 2. The zero-order valence-corrected chi connectivity index (χ0v) is 6.04. The number of nitrogens with zero attached hydrogens (tertiary/aromatic N) is 1. The van der Waals surface area contributed by atoms with Crippen molar-refractivity contribution < 1.29 is 10.3 Å². The Morgan fingerprint density at radius 2 is 2.00 bits per heavy atom. The van der Waals surface area contributed by atoms with Gasteiger partial charge in [-0.3, -0.25) is 0 Å². The lowest BCUT2D eigenvalue weighted by molar-refractivity contribution is -0.118. The van der Waals surface area contributed by atoms with Crippen LogP contribution in [0.3, 0.4) is 0 Å². The Kier molecular flexibility index (Phi) is 4.67. The molecule has 0 heterocycles. The summed E-state index contributed by atoms with van der Waals surface area (Å²) in [5.74, 6) is 0. The van der Waals surface area contributed by atoms with Crippen LogP contribution < -0.4 is 0 Å². The lowest BCUT2D eigenvalue weighted by Gasteiger charge is -2.17. The lowest BCUT2D eigenvalue weighted by Crippen LogP contribution is -2.28. The molecular weight excluding hydrogens is 118 g/mol. The molecule has 0 unspecified atom stereocenters. The van der Waals surface area contributed by atoms with Crippen molar-refractivity contribution >= 4 is 0 Å². The van der Waals surface area contributed by atoms with Gasteiger partial charge in [-0.25, -0.2) is 0 Å². The van der Waals surface area contributed by atoms with Gasteiger partial charge in [0.15, 0.2) is 0 Å². The van der Waals surface area contributed by atoms with Gasteiger partial charge in [0.2, 0.25) is 0 Å². The van der Waals surface area contributed by atoms with Gasteiger partial charge in [0.05, 0.1) is 0 Å². The van der Waals surface area contributed by atoms with E-state index in [9.17, 15) is 0 Å². The summed E-state index contributed by atoms with van der Waals surface area (Å²) in [6, 6.07) is 0.150. The van der Waals surface area contributed by atoms with E-state index >= 15 is 0 Å². The highest BCUT2D eigenvalue weighted by atomic mass is 16.5. The summed E-state index contributed by atoms with van der Waals surface area (Å²) < 4.78 is 0. The van der Waals surface area contributed by atoms with E-state index in [0.29, 0.717) is 13.0 Å². The normalized spacial score (nSPS) is 11.3. The molecular formula is C6H15NO2. The molecule has 0 aliphatic rings. The second kappa shape index (κ2) is 4.73. The first-order chi connectivity index (χ1) is 4.18. The van der Waals surface area contributed by atoms with E-state index in [1.807, 2.05) is 13.8 Å². The summed E-state index contributed by atoms with van der Waals surface area (Å²) >= 11 is 0. The smallest absolute Gasteiger partial charge is 0.0444 e. The number of aliphatic hydroxyl groups is 1. The fourth-order valence-corrected chi connectivity index (χ4v) is 0.491. The second-order valence-corrected chi connectivity index (χ2v) is 2.33. The van der Waals surface area contributed by atoms with Gasteiger partial charge < -0.3 is 10.3 Å². The van der Waals surface area contributed by atoms with Crippen molar-refractivity contribution in [2.75, 3.05) is 13.2 Å². The summed E-state index contributed by atoms with van der Waals surface area (Å²) in [5, 5.41) is 18.6. The van der Waals surface area contributed by atoms with E-state index in [4.69, 9.17) is 10.3 Å². The molecule has 0 amide bonds. The van der Waals surface area contributed by atoms with Crippen LogP contribution in [-0.2, 0) is 0 Å². The fraction of sp³-hybridized carbons (Fsp3) is 1.00. The van der Waals surface area contributed by atoms with Crippen LogP contribution in [-0.4, -0.2) is 34.6 Å². The molecule has 0 aromatic heterocycles. The minimum Gasteiger partial charge on any atom is -0.396 e. The molecule has 3 nitrogen and oxygen atoms in total. The maximum atomic E-state index is 8.98. The van der Waals surface area contributed by atoms with Crippen LogP contribution in [0, 0.1) is 0 Å². The summed E-state index contributed by atoms with van der Waals surface area (Å²) in [6.07, 6.45) is 0.634. The van der Waals surface area contributed by atoms with Gasteiger partial charge in [0.25, 0.3) is 0 Å². The Bertz CT molecular complexity index is 66.1. The molecule has 0 aliphatic carbocycles. The number of aliphatic hydroxyl groups excluding tert-OH is 1. The number of hydrogen-bond acceptors (Lipinski definition) is 3. The number of hydrogen-bond donors (Lipinski definition) is 2. The highest BCUT2D eigenvalue weighted by Gasteiger charge is 2.02. The van der Waals surface area contributed by atoms with Gasteiger partial charge in [-0.2, -0.15) is 5.06 Å². The molecule has 0 radical (unpaired) electrons. The lowest BCUT2D eigenvalue weighted by atomic mass is 10.3. The van der Waals surface area contributed by atoms with E-state index in [0.717, 1.165) is 0 Å². The molecule has 0 saturated heterocycles. The minimum atomic E-state index is 0.143. The van der Waals surface area contributed by atoms with Gasteiger partial charge in [-0.05, 0) is 20.3 Å². The molecule has 3 heteroatoms. The highest BCUT2D eigenvalue weighted by molar-refractivity contribution is 4.49. The van der Waals surface area contributed by atoms with Crippen molar-refractivity contribution in [2.24, 2.45) is 0 Å². The van der Waals surface area contributed by atoms with Crippen LogP contribution in [0.2, 0.25) is 0 Å². The SMILES string of the molecule is CC(C)N(O)CCCO. The van der Waals surface area contributed by atoms with Gasteiger partial charge >= 0.3 is 0 Å². The van der Waals surface area contributed by atoms with E-state index < -0.39 is 0 Å². The van der Waals surface area contributed by atoms with Crippen molar-refractivity contribution in [3.8, 4) is 0 Å². The molecule has 0 rings (SSSR count). The Morgan fingerprint density at radius 1 is 1.44 bits per heavy atom. The first-order valence-electron chi connectivity index (χ1n) is 3.25. The molecule has 0 spiro atoms. The van der Waals surface area contributed by atoms with Crippen molar-refractivity contribution in [3.05, 3.63) is 0 Å². The number of rotatable bonds is 4. The molecule has 0 saturated carbocycles. The topological polar surface area (TPSA) is 43.7 Å². The largest absolute Gasteiger partial charge is 0.396 e. The molecule has 0 fully saturated rings. The predicted octanol–water partition coefficient (Wildman–Crippen LogP) is 0.468. The first kappa shape index (κ1) is 8.88. The van der Waals surface area contributed by atoms with Crippen LogP contribution in [0.15, 0.2) is 0 Å². The molecule has 0 bridgehead atoms. The minimum absolute atomic E-state index is 0.143. The summed E-state index contributed by atoms with van der Waals surface area (Å²) in [4.78, 5) is 0. The Hall–Kier alpha value is -0.120. The summed E-state index contributed by atoms with van der Waals surface area (Å²) in [7, 11) is 0. The molecule has 0 aromatic carbocycles. The van der Waals surface area contributed by atoms with E-state index in [-0.39, 0.29) is 12.6 Å². The molecule has 56 valence electrons. The van der Waals surface area contributed by atoms with Crippen LogP contribution >= 0.6 is 0 Å². The average molecular weight is 133 g/mol. The van der Waals surface area contributed by atoms with E-state index in [2.05, 4.69) is 0 Å². The second-order valence-electron chi connectivity index (χ2n) is 2.33. The van der Waals surface area contributed by atoms with Crippen LogP contribution in [0.4, 0.5) is 0 Å². The zero-order valence-electron chi connectivity index (χ0n) is 6.04. The maximum absolute atomic E-state index is 8.98. The van der Waals surface area contributed by atoms with Crippen molar-refractivity contribution in [1.29, 1.82) is 0 Å². The van der Waals surface area contributed by atoms with Crippen LogP contribution in [0.1, 0.15) is 20.3 Å². The van der Waals surface area contributed by atoms with E-state index in [1.54, 1.807) is 0 Å².